The standard InChI is InChI=1S/C17H17N3O3S/c1-11-8-12-9-13(24(18,21)22)6-7-15(12)20(11)10-17-19-14-4-2-3-5-16(14)23-17/h2-7,9,11H,8,10H2,1H3,(H2,18,21,22)/t11-/m1/s1. The van der Waals surface area contributed by atoms with Crippen molar-refractivity contribution in [2.45, 2.75) is 30.8 Å². The molecule has 2 heterocycles. The van der Waals surface area contributed by atoms with Crippen molar-refractivity contribution >= 4 is 26.8 Å². The molecular formula is C17H17N3O3S. The number of para-hydroxylation sites is 2. The van der Waals surface area contributed by atoms with Crippen LogP contribution in [0, 0.1) is 0 Å². The summed E-state index contributed by atoms with van der Waals surface area (Å²) in [5.74, 6) is 0.645. The quantitative estimate of drug-likeness (QED) is 0.789. The Morgan fingerprint density at radius 3 is 2.83 bits per heavy atom. The number of hydrogen-bond donors (Lipinski definition) is 1. The third kappa shape index (κ3) is 2.55. The van der Waals surface area contributed by atoms with Crippen molar-refractivity contribution in [1.29, 1.82) is 0 Å². The molecule has 0 amide bonds. The number of rotatable bonds is 3. The number of benzene rings is 2. The highest BCUT2D eigenvalue weighted by Gasteiger charge is 2.28. The molecule has 1 aromatic heterocycles. The van der Waals surface area contributed by atoms with Gasteiger partial charge in [-0.1, -0.05) is 12.1 Å². The number of oxazole rings is 1. The Bertz CT molecular complexity index is 993. The smallest absolute Gasteiger partial charge is 0.238 e. The van der Waals surface area contributed by atoms with E-state index in [0.29, 0.717) is 12.4 Å². The van der Waals surface area contributed by atoms with Crippen molar-refractivity contribution in [3.8, 4) is 0 Å². The summed E-state index contributed by atoms with van der Waals surface area (Å²) >= 11 is 0. The van der Waals surface area contributed by atoms with E-state index in [1.54, 1.807) is 18.2 Å². The van der Waals surface area contributed by atoms with Crippen LogP contribution in [-0.2, 0) is 23.0 Å². The van der Waals surface area contributed by atoms with Gasteiger partial charge in [0.2, 0.25) is 15.9 Å². The molecule has 0 bridgehead atoms. The Hall–Kier alpha value is -2.38. The third-order valence-electron chi connectivity index (χ3n) is 4.38. The van der Waals surface area contributed by atoms with Gasteiger partial charge in [-0.05, 0) is 49.2 Å². The van der Waals surface area contributed by atoms with Crippen LogP contribution in [-0.4, -0.2) is 19.4 Å². The molecule has 6 nitrogen and oxygen atoms in total. The molecule has 2 aromatic carbocycles. The predicted octanol–water partition coefficient (Wildman–Crippen LogP) is 2.43. The molecule has 1 aliphatic heterocycles. The van der Waals surface area contributed by atoms with E-state index in [0.717, 1.165) is 28.8 Å². The van der Waals surface area contributed by atoms with Gasteiger partial charge in [-0.2, -0.15) is 0 Å². The molecule has 0 aliphatic carbocycles. The van der Waals surface area contributed by atoms with Crippen LogP contribution in [0.15, 0.2) is 51.8 Å². The molecule has 124 valence electrons. The summed E-state index contributed by atoms with van der Waals surface area (Å²) in [6, 6.07) is 12.9. The summed E-state index contributed by atoms with van der Waals surface area (Å²) in [5, 5.41) is 5.22. The summed E-state index contributed by atoms with van der Waals surface area (Å²) in [4.78, 5) is 6.84. The highest BCUT2D eigenvalue weighted by atomic mass is 32.2. The molecule has 0 unspecified atom stereocenters. The number of hydrogen-bond acceptors (Lipinski definition) is 5. The predicted molar refractivity (Wildman–Crippen MR) is 91.2 cm³/mol. The highest BCUT2D eigenvalue weighted by Crippen LogP contribution is 2.35. The van der Waals surface area contributed by atoms with E-state index >= 15 is 0 Å². The van der Waals surface area contributed by atoms with Crippen molar-refractivity contribution < 1.29 is 12.8 Å². The van der Waals surface area contributed by atoms with Gasteiger partial charge in [0.1, 0.15) is 5.52 Å². The first kappa shape index (κ1) is 15.2. The van der Waals surface area contributed by atoms with E-state index in [-0.39, 0.29) is 10.9 Å². The van der Waals surface area contributed by atoms with Crippen molar-refractivity contribution in [2.75, 3.05) is 4.90 Å². The first-order chi connectivity index (χ1) is 11.4. The fraction of sp³-hybridized carbons (Fsp3) is 0.235. The van der Waals surface area contributed by atoms with Crippen LogP contribution in [0.4, 0.5) is 5.69 Å². The molecule has 0 radical (unpaired) electrons. The average molecular weight is 343 g/mol. The van der Waals surface area contributed by atoms with Crippen LogP contribution in [0.25, 0.3) is 11.1 Å². The van der Waals surface area contributed by atoms with Gasteiger partial charge in [-0.3, -0.25) is 0 Å². The highest BCUT2D eigenvalue weighted by molar-refractivity contribution is 7.89. The minimum absolute atomic E-state index is 0.150. The average Bonchev–Trinajstić information content (AvgIpc) is 3.07. The van der Waals surface area contributed by atoms with Crippen LogP contribution in [0.1, 0.15) is 18.4 Å². The number of nitrogens with two attached hydrogens (primary N) is 1. The number of nitrogens with zero attached hydrogens (tertiary/aromatic N) is 2. The van der Waals surface area contributed by atoms with Gasteiger partial charge in [0.15, 0.2) is 5.58 Å². The van der Waals surface area contributed by atoms with Crippen LogP contribution < -0.4 is 10.0 Å². The Morgan fingerprint density at radius 2 is 2.08 bits per heavy atom. The summed E-state index contributed by atoms with van der Waals surface area (Å²) in [5.41, 5.74) is 3.58. The maximum absolute atomic E-state index is 11.5. The number of anilines is 1. The second-order valence-corrected chi connectivity index (χ2v) is 7.65. The van der Waals surface area contributed by atoms with E-state index in [1.807, 2.05) is 24.3 Å². The Kier molecular flexibility index (Phi) is 3.36. The van der Waals surface area contributed by atoms with Crippen LogP contribution >= 0.6 is 0 Å². The van der Waals surface area contributed by atoms with Crippen molar-refractivity contribution in [1.82, 2.24) is 4.98 Å². The molecule has 0 saturated carbocycles. The molecule has 2 N–H and O–H groups in total. The van der Waals surface area contributed by atoms with Gasteiger partial charge >= 0.3 is 0 Å². The van der Waals surface area contributed by atoms with E-state index in [1.165, 1.54) is 0 Å². The number of fused-ring (bicyclic) bond motifs is 2. The summed E-state index contributed by atoms with van der Waals surface area (Å²) in [6.45, 7) is 2.64. The van der Waals surface area contributed by atoms with Gasteiger partial charge in [-0.25, -0.2) is 18.5 Å². The minimum atomic E-state index is -3.68. The largest absolute Gasteiger partial charge is 0.439 e. The molecule has 0 spiro atoms. The zero-order chi connectivity index (χ0) is 16.9. The van der Waals surface area contributed by atoms with Gasteiger partial charge in [0.25, 0.3) is 0 Å². The molecule has 0 saturated heterocycles. The minimum Gasteiger partial charge on any atom is -0.439 e. The van der Waals surface area contributed by atoms with Gasteiger partial charge in [0, 0.05) is 11.7 Å². The number of primary sulfonamides is 1. The lowest BCUT2D eigenvalue weighted by molar-refractivity contribution is 0.508. The van der Waals surface area contributed by atoms with Crippen molar-refractivity contribution in [2.24, 2.45) is 5.14 Å². The lowest BCUT2D eigenvalue weighted by atomic mass is 10.1. The second kappa shape index (κ2) is 5.32. The zero-order valence-electron chi connectivity index (χ0n) is 13.1. The van der Waals surface area contributed by atoms with E-state index < -0.39 is 10.0 Å². The molecule has 4 rings (SSSR count). The van der Waals surface area contributed by atoms with E-state index in [4.69, 9.17) is 9.56 Å². The fourth-order valence-corrected chi connectivity index (χ4v) is 3.79. The SMILES string of the molecule is C[C@@H]1Cc2cc(S(N)(=O)=O)ccc2N1Cc1nc2ccccc2o1. The molecule has 0 fully saturated rings. The van der Waals surface area contributed by atoms with Crippen LogP contribution in [0.5, 0.6) is 0 Å². The van der Waals surface area contributed by atoms with E-state index in [9.17, 15) is 8.42 Å². The zero-order valence-corrected chi connectivity index (χ0v) is 14.0. The third-order valence-corrected chi connectivity index (χ3v) is 5.29. The maximum Gasteiger partial charge on any atom is 0.238 e. The lowest BCUT2D eigenvalue weighted by Crippen LogP contribution is -2.28. The molecule has 7 heteroatoms. The second-order valence-electron chi connectivity index (χ2n) is 6.09. The summed E-state index contributed by atoms with van der Waals surface area (Å²) in [7, 11) is -3.68. The van der Waals surface area contributed by atoms with Crippen LogP contribution in [0.3, 0.4) is 0 Å². The van der Waals surface area contributed by atoms with E-state index in [2.05, 4.69) is 16.8 Å². The Morgan fingerprint density at radius 1 is 1.29 bits per heavy atom. The fourth-order valence-electron chi connectivity index (χ4n) is 3.22. The van der Waals surface area contributed by atoms with Gasteiger partial charge < -0.3 is 9.32 Å². The molecule has 3 aromatic rings. The lowest BCUT2D eigenvalue weighted by Gasteiger charge is -2.23. The molecule has 1 aliphatic rings. The van der Waals surface area contributed by atoms with Gasteiger partial charge in [-0.15, -0.1) is 0 Å². The van der Waals surface area contributed by atoms with Crippen LogP contribution in [0.2, 0.25) is 0 Å². The Balaban J connectivity index is 1.68. The van der Waals surface area contributed by atoms with Crippen molar-refractivity contribution in [3.05, 3.63) is 53.9 Å². The molecule has 24 heavy (non-hydrogen) atoms. The number of sulfonamides is 1. The van der Waals surface area contributed by atoms with Gasteiger partial charge in [0.05, 0.1) is 11.4 Å². The molecular weight excluding hydrogens is 326 g/mol. The maximum atomic E-state index is 11.5. The monoisotopic (exact) mass is 343 g/mol. The first-order valence-electron chi connectivity index (χ1n) is 7.68. The van der Waals surface area contributed by atoms with Crippen molar-refractivity contribution in [3.63, 3.8) is 0 Å². The summed E-state index contributed by atoms with van der Waals surface area (Å²) < 4.78 is 28.9. The topological polar surface area (TPSA) is 89.4 Å². The summed E-state index contributed by atoms with van der Waals surface area (Å²) in [6.07, 6.45) is 0.763. The first-order valence-corrected chi connectivity index (χ1v) is 9.23. The normalized spacial score (nSPS) is 17.4. The number of aromatic nitrogens is 1. The Labute approximate surface area is 139 Å². The molecule has 1 atom stereocenters.